The van der Waals surface area contributed by atoms with Crippen LogP contribution in [-0.4, -0.2) is 19.5 Å². The van der Waals surface area contributed by atoms with Gasteiger partial charge < -0.3 is 11.1 Å². The Labute approximate surface area is 80.9 Å². The molecule has 1 aromatic heterocycles. The summed E-state index contributed by atoms with van der Waals surface area (Å²) in [5, 5.41) is 4.32. The third-order valence-electron chi connectivity index (χ3n) is 1.40. The van der Waals surface area contributed by atoms with Crippen LogP contribution < -0.4 is 11.1 Å². The van der Waals surface area contributed by atoms with Gasteiger partial charge in [-0.2, -0.15) is 0 Å². The van der Waals surface area contributed by atoms with Crippen LogP contribution in [0, 0.1) is 11.8 Å². The molecule has 0 aromatic carbocycles. The van der Waals surface area contributed by atoms with Gasteiger partial charge in [-0.25, -0.2) is 0 Å². The van der Waals surface area contributed by atoms with Gasteiger partial charge in [-0.05, 0) is 6.07 Å². The van der Waals surface area contributed by atoms with Crippen molar-refractivity contribution in [3.63, 3.8) is 0 Å². The van der Waals surface area contributed by atoms with Gasteiger partial charge >= 0.3 is 0 Å². The molecule has 0 atom stereocenters. The van der Waals surface area contributed by atoms with Gasteiger partial charge in [0.1, 0.15) is 0 Å². The number of nitrogens with two attached hydrogens (primary N) is 1. The molecule has 1 amide bonds. The summed E-state index contributed by atoms with van der Waals surface area (Å²) in [5.41, 5.74) is 5.87. The second-order valence-corrected chi connectivity index (χ2v) is 3.20. The zero-order valence-electron chi connectivity index (χ0n) is 7.26. The van der Waals surface area contributed by atoms with Gasteiger partial charge in [0.15, 0.2) is 0 Å². The van der Waals surface area contributed by atoms with Crippen LogP contribution in [0.15, 0.2) is 11.4 Å². The maximum Gasteiger partial charge on any atom is 0.251 e. The fourth-order valence-corrected chi connectivity index (χ4v) is 1.56. The van der Waals surface area contributed by atoms with Crippen molar-refractivity contribution < 1.29 is 4.79 Å². The van der Waals surface area contributed by atoms with Crippen LogP contribution in [0.2, 0.25) is 0 Å². The molecule has 0 aliphatic carbocycles. The molecule has 0 radical (unpaired) electrons. The smallest absolute Gasteiger partial charge is 0.251 e. The van der Waals surface area contributed by atoms with Gasteiger partial charge in [0, 0.05) is 12.4 Å². The molecular formula is C9H10N2OS. The van der Waals surface area contributed by atoms with E-state index in [1.165, 1.54) is 11.3 Å². The minimum Gasteiger partial charge on any atom is -0.355 e. The van der Waals surface area contributed by atoms with Crippen molar-refractivity contribution in [2.24, 2.45) is 5.73 Å². The average molecular weight is 194 g/mol. The Balaban J connectivity index is 2.80. The summed E-state index contributed by atoms with van der Waals surface area (Å²) in [6, 6.07) is 1.76. The third kappa shape index (κ3) is 2.58. The second kappa shape index (κ2) is 4.65. The Morgan fingerprint density at radius 1 is 1.77 bits per heavy atom. The van der Waals surface area contributed by atoms with Crippen molar-refractivity contribution in [3.05, 3.63) is 21.9 Å². The maximum absolute atomic E-state index is 11.1. The van der Waals surface area contributed by atoms with E-state index in [9.17, 15) is 4.79 Å². The molecule has 0 aliphatic rings. The predicted octanol–water partition coefficient (Wildman–Crippen LogP) is 0.418. The Morgan fingerprint density at radius 2 is 2.54 bits per heavy atom. The van der Waals surface area contributed by atoms with Crippen molar-refractivity contribution in [2.45, 2.75) is 0 Å². The van der Waals surface area contributed by atoms with Crippen LogP contribution in [-0.2, 0) is 0 Å². The number of hydrogen-bond acceptors (Lipinski definition) is 3. The standard InChI is InChI=1S/C9H10N2OS/c1-11-9(12)7-5-8(13-6-7)3-2-4-10/h5-6H,4,10H2,1H3,(H,11,12). The van der Waals surface area contributed by atoms with Crippen molar-refractivity contribution in [3.8, 4) is 11.8 Å². The molecule has 3 N–H and O–H groups in total. The predicted molar refractivity (Wildman–Crippen MR) is 53.6 cm³/mol. The summed E-state index contributed by atoms with van der Waals surface area (Å²) in [7, 11) is 1.60. The number of carbonyl (C=O) groups excluding carboxylic acids is 1. The monoisotopic (exact) mass is 194 g/mol. The zero-order chi connectivity index (χ0) is 9.68. The Hall–Kier alpha value is -1.31. The first kappa shape index (κ1) is 9.78. The van der Waals surface area contributed by atoms with Crippen molar-refractivity contribution in [2.75, 3.05) is 13.6 Å². The second-order valence-electron chi connectivity index (χ2n) is 2.28. The highest BCUT2D eigenvalue weighted by Gasteiger charge is 2.04. The number of thiophene rings is 1. The Kier molecular flexibility index (Phi) is 3.50. The molecule has 3 nitrogen and oxygen atoms in total. The molecule has 0 saturated carbocycles. The summed E-state index contributed by atoms with van der Waals surface area (Å²) in [4.78, 5) is 12.0. The van der Waals surface area contributed by atoms with Crippen LogP contribution in [0.1, 0.15) is 15.2 Å². The van der Waals surface area contributed by atoms with E-state index >= 15 is 0 Å². The molecule has 0 bridgehead atoms. The van der Waals surface area contributed by atoms with E-state index in [1.54, 1.807) is 18.5 Å². The Morgan fingerprint density at radius 3 is 3.15 bits per heavy atom. The fraction of sp³-hybridized carbons (Fsp3) is 0.222. The number of rotatable bonds is 1. The highest BCUT2D eigenvalue weighted by atomic mass is 32.1. The highest BCUT2D eigenvalue weighted by Crippen LogP contribution is 2.12. The Bertz CT molecular complexity index is 359. The van der Waals surface area contributed by atoms with Gasteiger partial charge in [-0.3, -0.25) is 4.79 Å². The summed E-state index contributed by atoms with van der Waals surface area (Å²) in [6.07, 6.45) is 0. The van der Waals surface area contributed by atoms with Gasteiger partial charge in [0.25, 0.3) is 5.91 Å². The average Bonchev–Trinajstić information content (AvgIpc) is 2.62. The van der Waals surface area contributed by atoms with Crippen molar-refractivity contribution in [1.82, 2.24) is 5.32 Å². The molecule has 1 aromatic rings. The van der Waals surface area contributed by atoms with E-state index in [2.05, 4.69) is 17.2 Å². The van der Waals surface area contributed by atoms with E-state index in [-0.39, 0.29) is 5.91 Å². The fourth-order valence-electron chi connectivity index (χ4n) is 0.803. The highest BCUT2D eigenvalue weighted by molar-refractivity contribution is 7.10. The van der Waals surface area contributed by atoms with Crippen LogP contribution in [0.25, 0.3) is 0 Å². The van der Waals surface area contributed by atoms with Gasteiger partial charge in [0.05, 0.1) is 17.0 Å². The SMILES string of the molecule is CNC(=O)c1csc(C#CCN)c1. The first-order chi connectivity index (χ1) is 6.27. The van der Waals surface area contributed by atoms with Crippen LogP contribution in [0.5, 0.6) is 0 Å². The lowest BCUT2D eigenvalue weighted by molar-refractivity contribution is 0.0963. The van der Waals surface area contributed by atoms with Gasteiger partial charge in [-0.1, -0.05) is 11.8 Å². The van der Waals surface area contributed by atoms with Crippen LogP contribution in [0.3, 0.4) is 0 Å². The quantitative estimate of drug-likeness (QED) is 0.636. The summed E-state index contributed by atoms with van der Waals surface area (Å²) < 4.78 is 0. The molecule has 13 heavy (non-hydrogen) atoms. The van der Waals surface area contributed by atoms with E-state index in [0.717, 1.165) is 4.88 Å². The van der Waals surface area contributed by atoms with Gasteiger partial charge in [0.2, 0.25) is 0 Å². The third-order valence-corrected chi connectivity index (χ3v) is 2.25. The molecule has 1 heterocycles. The van der Waals surface area contributed by atoms with E-state index in [0.29, 0.717) is 12.1 Å². The van der Waals surface area contributed by atoms with Crippen molar-refractivity contribution in [1.29, 1.82) is 0 Å². The number of amides is 1. The minimum atomic E-state index is -0.0861. The maximum atomic E-state index is 11.1. The molecule has 0 fully saturated rings. The minimum absolute atomic E-state index is 0.0861. The molecule has 0 aliphatic heterocycles. The molecule has 1 rings (SSSR count). The van der Waals surface area contributed by atoms with E-state index in [1.807, 2.05) is 0 Å². The molecular weight excluding hydrogens is 184 g/mol. The lowest BCUT2D eigenvalue weighted by Crippen LogP contribution is -2.16. The zero-order valence-corrected chi connectivity index (χ0v) is 8.07. The van der Waals surface area contributed by atoms with Gasteiger partial charge in [-0.15, -0.1) is 11.3 Å². The number of hydrogen-bond donors (Lipinski definition) is 2. The topological polar surface area (TPSA) is 55.1 Å². The normalized spacial score (nSPS) is 8.77. The number of nitrogens with one attached hydrogen (secondary N) is 1. The van der Waals surface area contributed by atoms with Crippen molar-refractivity contribution >= 4 is 17.2 Å². The summed E-state index contributed by atoms with van der Waals surface area (Å²) in [6.45, 7) is 0.340. The largest absolute Gasteiger partial charge is 0.355 e. The molecule has 0 unspecified atom stereocenters. The first-order valence-electron chi connectivity index (χ1n) is 3.77. The van der Waals surface area contributed by atoms with E-state index in [4.69, 9.17) is 5.73 Å². The van der Waals surface area contributed by atoms with Crippen LogP contribution in [0.4, 0.5) is 0 Å². The van der Waals surface area contributed by atoms with E-state index < -0.39 is 0 Å². The first-order valence-corrected chi connectivity index (χ1v) is 4.65. The van der Waals surface area contributed by atoms with Crippen LogP contribution >= 0.6 is 11.3 Å². The molecule has 0 spiro atoms. The molecule has 0 saturated heterocycles. The lowest BCUT2D eigenvalue weighted by Gasteiger charge is -1.91. The lowest BCUT2D eigenvalue weighted by atomic mass is 10.3. The molecule has 68 valence electrons. The summed E-state index contributed by atoms with van der Waals surface area (Å²) in [5.74, 6) is 5.51. The molecule has 4 heteroatoms. The number of carbonyl (C=O) groups is 1. The summed E-state index contributed by atoms with van der Waals surface area (Å²) >= 11 is 1.44.